The third kappa shape index (κ3) is 3.85. The number of aliphatic carboxylic acids is 1. The van der Waals surface area contributed by atoms with Gasteiger partial charge in [-0.2, -0.15) is 0 Å². The summed E-state index contributed by atoms with van der Waals surface area (Å²) in [7, 11) is -1.89. The number of unbranched alkanes of at least 4 members (excludes halogenated alkanes) is 2. The predicted molar refractivity (Wildman–Crippen MR) is 110 cm³/mol. The summed E-state index contributed by atoms with van der Waals surface area (Å²) in [6.07, 6.45) is 8.58. The zero-order chi connectivity index (χ0) is 18.7. The van der Waals surface area contributed by atoms with Crippen LogP contribution < -0.4 is 10.5 Å². The van der Waals surface area contributed by atoms with E-state index in [1.807, 2.05) is 12.2 Å². The largest absolute Gasteiger partial charge is 0.481 e. The molecule has 1 heterocycles. The standard InChI is InChI=1S/C20H25N3O2Si/c1-26(2)18-12-14(21)7-9-16(18)23-17-10-8-15(13-19(17)26)22-11-5-3-4-6-20(24)25/h7-10,12-13,21-22H,3-6,11H2,1-2H3,(H,24,25). The van der Waals surface area contributed by atoms with Crippen molar-refractivity contribution in [2.75, 3.05) is 11.9 Å². The minimum absolute atomic E-state index is 0.248. The Bertz CT molecular complexity index is 837. The van der Waals surface area contributed by atoms with E-state index in [2.05, 4.69) is 36.6 Å². The number of benzene rings is 1. The number of carboxylic acid groups (broad SMARTS) is 1. The molecule has 0 spiro atoms. The molecule has 0 unspecified atom stereocenters. The first-order chi connectivity index (χ1) is 12.4. The second kappa shape index (κ2) is 7.41. The zero-order valence-corrected chi connectivity index (χ0v) is 16.3. The smallest absolute Gasteiger partial charge is 0.303 e. The second-order valence-electron chi connectivity index (χ2n) is 7.33. The molecule has 0 amide bonds. The van der Waals surface area contributed by atoms with Crippen molar-refractivity contribution in [2.24, 2.45) is 4.99 Å². The summed E-state index contributed by atoms with van der Waals surface area (Å²) in [6.45, 7) is 5.47. The number of carbonyl (C=O) groups is 1. The van der Waals surface area contributed by atoms with E-state index in [1.54, 1.807) is 6.08 Å². The average Bonchev–Trinajstić information content (AvgIpc) is 2.59. The van der Waals surface area contributed by atoms with E-state index >= 15 is 0 Å². The Morgan fingerprint density at radius 3 is 2.81 bits per heavy atom. The van der Waals surface area contributed by atoms with Crippen LogP contribution in [0, 0.1) is 5.41 Å². The molecule has 0 radical (unpaired) electrons. The average molecular weight is 368 g/mol. The second-order valence-corrected chi connectivity index (χ2v) is 11.7. The van der Waals surface area contributed by atoms with Gasteiger partial charge >= 0.3 is 5.97 Å². The van der Waals surface area contributed by atoms with Crippen molar-refractivity contribution in [1.82, 2.24) is 0 Å². The fourth-order valence-corrected chi connectivity index (χ4v) is 6.35. The van der Waals surface area contributed by atoms with Gasteiger partial charge in [-0.25, -0.2) is 4.99 Å². The van der Waals surface area contributed by atoms with Gasteiger partial charge in [0.15, 0.2) is 0 Å². The molecule has 0 atom stereocenters. The van der Waals surface area contributed by atoms with Crippen LogP contribution in [0.25, 0.3) is 0 Å². The lowest BCUT2D eigenvalue weighted by Crippen LogP contribution is -2.49. The van der Waals surface area contributed by atoms with Crippen LogP contribution >= 0.6 is 0 Å². The number of allylic oxidation sites excluding steroid dienone is 4. The topological polar surface area (TPSA) is 85.5 Å². The molecule has 0 fully saturated rings. The summed E-state index contributed by atoms with van der Waals surface area (Å²) in [5.41, 5.74) is 3.67. The molecular weight excluding hydrogens is 342 g/mol. The molecule has 3 rings (SSSR count). The lowest BCUT2D eigenvalue weighted by molar-refractivity contribution is -0.137. The molecule has 0 saturated carbocycles. The molecule has 136 valence electrons. The highest BCUT2D eigenvalue weighted by atomic mass is 28.3. The van der Waals surface area contributed by atoms with Crippen molar-refractivity contribution >= 4 is 42.0 Å². The van der Waals surface area contributed by atoms with Gasteiger partial charge in [-0.05, 0) is 59.7 Å². The number of fused-ring (bicyclic) bond motifs is 2. The molecule has 26 heavy (non-hydrogen) atoms. The summed E-state index contributed by atoms with van der Waals surface area (Å²) in [4.78, 5) is 15.3. The maximum absolute atomic E-state index is 10.5. The minimum atomic E-state index is -1.89. The maximum atomic E-state index is 10.5. The van der Waals surface area contributed by atoms with E-state index in [4.69, 9.17) is 15.5 Å². The van der Waals surface area contributed by atoms with Crippen LogP contribution in [0.3, 0.4) is 0 Å². The summed E-state index contributed by atoms with van der Waals surface area (Å²) in [5, 5.41) is 22.6. The summed E-state index contributed by atoms with van der Waals surface area (Å²) >= 11 is 0. The van der Waals surface area contributed by atoms with Crippen LogP contribution in [0.2, 0.25) is 13.1 Å². The number of carboxylic acids is 1. The Kier molecular flexibility index (Phi) is 5.22. The third-order valence-corrected chi connectivity index (χ3v) is 8.47. The van der Waals surface area contributed by atoms with Gasteiger partial charge in [-0.15, -0.1) is 0 Å². The molecule has 5 nitrogen and oxygen atoms in total. The Hall–Kier alpha value is -2.47. The summed E-state index contributed by atoms with van der Waals surface area (Å²) in [5.74, 6) is -0.722. The van der Waals surface area contributed by atoms with Crippen LogP contribution in [0.1, 0.15) is 25.7 Å². The van der Waals surface area contributed by atoms with Crippen LogP contribution in [0.5, 0.6) is 0 Å². The van der Waals surface area contributed by atoms with Gasteiger partial charge in [0, 0.05) is 18.7 Å². The minimum Gasteiger partial charge on any atom is -0.481 e. The molecule has 0 aromatic heterocycles. The SMILES string of the molecule is C[Si]1(C)C2=CC(=N)C=CC2=Nc2ccc(NCCCCCC(=O)O)cc21. The van der Waals surface area contributed by atoms with Crippen LogP contribution in [0.15, 0.2) is 46.6 Å². The van der Waals surface area contributed by atoms with Crippen molar-refractivity contribution in [3.05, 3.63) is 41.6 Å². The number of hydrogen-bond donors (Lipinski definition) is 3. The zero-order valence-electron chi connectivity index (χ0n) is 15.3. The number of nitrogens with one attached hydrogen (secondary N) is 2. The quantitative estimate of drug-likeness (QED) is 0.389. The van der Waals surface area contributed by atoms with Gasteiger partial charge in [-0.3, -0.25) is 4.79 Å². The summed E-state index contributed by atoms with van der Waals surface area (Å²) in [6, 6.07) is 6.35. The predicted octanol–water partition coefficient (Wildman–Crippen LogP) is 3.80. The van der Waals surface area contributed by atoms with Gasteiger partial charge in [0.2, 0.25) is 0 Å². The van der Waals surface area contributed by atoms with E-state index in [0.29, 0.717) is 5.71 Å². The molecule has 0 saturated heterocycles. The Balaban J connectivity index is 1.71. The first-order valence-electron chi connectivity index (χ1n) is 9.06. The van der Waals surface area contributed by atoms with Gasteiger partial charge in [0.1, 0.15) is 8.07 Å². The monoisotopic (exact) mass is 367 g/mol. The lowest BCUT2D eigenvalue weighted by Gasteiger charge is -2.33. The Labute approximate surface area is 155 Å². The van der Waals surface area contributed by atoms with Crippen molar-refractivity contribution in [2.45, 2.75) is 38.8 Å². The lowest BCUT2D eigenvalue weighted by atomic mass is 10.1. The fraction of sp³-hybridized carbons (Fsp3) is 0.350. The number of nitrogens with zero attached hydrogens (tertiary/aromatic N) is 1. The highest BCUT2D eigenvalue weighted by Crippen LogP contribution is 2.31. The molecule has 1 aromatic carbocycles. The van der Waals surface area contributed by atoms with Crippen molar-refractivity contribution in [1.29, 1.82) is 5.41 Å². The third-order valence-electron chi connectivity index (χ3n) is 4.98. The molecule has 6 heteroatoms. The van der Waals surface area contributed by atoms with Crippen LogP contribution in [0.4, 0.5) is 11.4 Å². The molecule has 1 aliphatic carbocycles. The van der Waals surface area contributed by atoms with Crippen LogP contribution in [-0.2, 0) is 4.79 Å². The number of aliphatic imine (C=N–C) groups is 1. The number of anilines is 1. The first kappa shape index (κ1) is 18.3. The summed E-state index contributed by atoms with van der Waals surface area (Å²) < 4.78 is 0. The van der Waals surface area contributed by atoms with E-state index in [1.165, 1.54) is 10.4 Å². The number of hydrogen-bond acceptors (Lipinski definition) is 4. The van der Waals surface area contributed by atoms with Gasteiger partial charge in [0.05, 0.1) is 17.1 Å². The maximum Gasteiger partial charge on any atom is 0.303 e. The van der Waals surface area contributed by atoms with E-state index in [9.17, 15) is 4.79 Å². The van der Waals surface area contributed by atoms with Crippen molar-refractivity contribution in [3.8, 4) is 0 Å². The highest BCUT2D eigenvalue weighted by molar-refractivity contribution is 7.01. The van der Waals surface area contributed by atoms with E-state index < -0.39 is 14.0 Å². The Morgan fingerprint density at radius 1 is 1.23 bits per heavy atom. The van der Waals surface area contributed by atoms with Crippen molar-refractivity contribution in [3.63, 3.8) is 0 Å². The molecule has 2 aliphatic rings. The van der Waals surface area contributed by atoms with Crippen LogP contribution in [-0.4, -0.2) is 37.1 Å². The molecular formula is C20H25N3O2Si. The van der Waals surface area contributed by atoms with Crippen molar-refractivity contribution < 1.29 is 9.90 Å². The fourth-order valence-electron chi connectivity index (χ4n) is 3.46. The molecule has 1 aliphatic heterocycles. The highest BCUT2D eigenvalue weighted by Gasteiger charge is 2.37. The van der Waals surface area contributed by atoms with E-state index in [-0.39, 0.29) is 6.42 Å². The van der Waals surface area contributed by atoms with Gasteiger partial charge < -0.3 is 15.8 Å². The van der Waals surface area contributed by atoms with Gasteiger partial charge in [-0.1, -0.05) is 19.5 Å². The molecule has 0 bridgehead atoms. The normalized spacial score (nSPS) is 17.1. The van der Waals surface area contributed by atoms with Gasteiger partial charge in [0.25, 0.3) is 0 Å². The molecule has 3 N–H and O–H groups in total. The van der Waals surface area contributed by atoms with E-state index in [0.717, 1.165) is 42.9 Å². The number of rotatable bonds is 7. The Morgan fingerprint density at radius 2 is 2.04 bits per heavy atom. The first-order valence-corrected chi connectivity index (χ1v) is 12.1. The molecule has 1 aromatic rings.